The van der Waals surface area contributed by atoms with Gasteiger partial charge in [0.2, 0.25) is 0 Å². The summed E-state index contributed by atoms with van der Waals surface area (Å²) in [5.41, 5.74) is 1.50. The van der Waals surface area contributed by atoms with Gasteiger partial charge in [0, 0.05) is 18.3 Å². The maximum Gasteiger partial charge on any atom is 0.165 e. The van der Waals surface area contributed by atoms with E-state index in [0.29, 0.717) is 0 Å². The first-order chi connectivity index (χ1) is 9.83. The third-order valence-electron chi connectivity index (χ3n) is 2.98. The number of rotatable bonds is 4. The van der Waals surface area contributed by atoms with Crippen LogP contribution in [0.3, 0.4) is 0 Å². The predicted octanol–water partition coefficient (Wildman–Crippen LogP) is 2.15. The summed E-state index contributed by atoms with van der Waals surface area (Å²) in [4.78, 5) is 8.39. The fraction of sp³-hybridized carbons (Fsp3) is 0.200. The van der Waals surface area contributed by atoms with Gasteiger partial charge in [0.1, 0.15) is 12.4 Å². The van der Waals surface area contributed by atoms with E-state index in [1.54, 1.807) is 18.3 Å². The van der Waals surface area contributed by atoms with E-state index in [0.717, 1.165) is 30.2 Å². The van der Waals surface area contributed by atoms with Gasteiger partial charge >= 0.3 is 0 Å². The van der Waals surface area contributed by atoms with E-state index in [2.05, 4.69) is 15.3 Å². The van der Waals surface area contributed by atoms with Crippen LogP contribution in [-0.2, 0) is 6.61 Å². The van der Waals surface area contributed by atoms with Crippen molar-refractivity contribution in [1.82, 2.24) is 10.3 Å². The molecule has 0 aliphatic carbocycles. The molecule has 0 saturated carbocycles. The fourth-order valence-corrected chi connectivity index (χ4v) is 1.99. The second-order valence-electron chi connectivity index (χ2n) is 4.41. The number of aromatic nitrogens is 1. The molecule has 1 aromatic heterocycles. The monoisotopic (exact) mass is 271 g/mol. The minimum atomic E-state index is -0.394. The Balaban J connectivity index is 1.71. The highest BCUT2D eigenvalue weighted by Gasteiger charge is 2.11. The Morgan fingerprint density at radius 3 is 2.90 bits per heavy atom. The number of nitrogens with one attached hydrogen (secondary N) is 1. The summed E-state index contributed by atoms with van der Waals surface area (Å²) in [7, 11) is 0. The van der Waals surface area contributed by atoms with Gasteiger partial charge in [0.15, 0.2) is 11.6 Å². The predicted molar refractivity (Wildman–Crippen MR) is 74.4 cm³/mol. The molecular formula is C15H14FN3O. The summed E-state index contributed by atoms with van der Waals surface area (Å²) >= 11 is 0. The molecule has 102 valence electrons. The van der Waals surface area contributed by atoms with Crippen molar-refractivity contribution in [2.75, 3.05) is 13.1 Å². The van der Waals surface area contributed by atoms with Gasteiger partial charge in [-0.3, -0.25) is 9.98 Å². The highest BCUT2D eigenvalue weighted by molar-refractivity contribution is 5.99. The normalized spacial score (nSPS) is 13.8. The average molecular weight is 271 g/mol. The van der Waals surface area contributed by atoms with Gasteiger partial charge in [-0.2, -0.15) is 0 Å². The van der Waals surface area contributed by atoms with E-state index >= 15 is 0 Å². The van der Waals surface area contributed by atoms with Crippen LogP contribution >= 0.6 is 0 Å². The Bertz CT molecular complexity index is 628. The zero-order valence-corrected chi connectivity index (χ0v) is 10.8. The van der Waals surface area contributed by atoms with Gasteiger partial charge in [-0.1, -0.05) is 6.07 Å². The second-order valence-corrected chi connectivity index (χ2v) is 4.41. The summed E-state index contributed by atoms with van der Waals surface area (Å²) in [5.74, 6) is 0.563. The Kier molecular flexibility index (Phi) is 3.58. The largest absolute Gasteiger partial charge is 0.484 e. The third-order valence-corrected chi connectivity index (χ3v) is 2.98. The molecule has 3 rings (SSSR count). The zero-order chi connectivity index (χ0) is 13.8. The lowest BCUT2D eigenvalue weighted by molar-refractivity contribution is 0.286. The first-order valence-corrected chi connectivity index (χ1v) is 6.44. The van der Waals surface area contributed by atoms with Crippen molar-refractivity contribution in [2.45, 2.75) is 6.61 Å². The molecule has 0 bridgehead atoms. The van der Waals surface area contributed by atoms with Crippen molar-refractivity contribution >= 4 is 5.84 Å². The second kappa shape index (κ2) is 5.69. The van der Waals surface area contributed by atoms with Crippen LogP contribution in [0.4, 0.5) is 4.39 Å². The number of nitrogens with zero attached hydrogens (tertiary/aromatic N) is 2. The topological polar surface area (TPSA) is 46.5 Å². The van der Waals surface area contributed by atoms with Crippen LogP contribution < -0.4 is 10.1 Å². The van der Waals surface area contributed by atoms with Gasteiger partial charge in [-0.25, -0.2) is 4.39 Å². The number of pyridine rings is 1. The maximum atomic E-state index is 14.0. The molecule has 0 saturated heterocycles. The Morgan fingerprint density at radius 2 is 2.20 bits per heavy atom. The molecule has 0 radical (unpaired) electrons. The SMILES string of the molecule is Fc1cc(C2=NCCN2)ccc1OCc1ccccn1. The Hall–Kier alpha value is -2.43. The molecule has 0 unspecified atom stereocenters. The minimum absolute atomic E-state index is 0.220. The van der Waals surface area contributed by atoms with Crippen LogP contribution in [0.15, 0.2) is 47.6 Å². The van der Waals surface area contributed by atoms with Crippen molar-refractivity contribution in [3.05, 3.63) is 59.7 Å². The van der Waals surface area contributed by atoms with Crippen molar-refractivity contribution in [2.24, 2.45) is 4.99 Å². The first kappa shape index (κ1) is 12.6. The summed E-state index contributed by atoms with van der Waals surface area (Å²) in [6, 6.07) is 10.4. The number of benzene rings is 1. The fourth-order valence-electron chi connectivity index (χ4n) is 1.99. The standard InChI is InChI=1S/C15H14FN3O/c16-13-9-11(15-18-7-8-19-15)4-5-14(13)20-10-12-3-1-2-6-17-12/h1-6,9H,7-8,10H2,(H,18,19). The van der Waals surface area contributed by atoms with Gasteiger partial charge in [0.25, 0.3) is 0 Å². The van der Waals surface area contributed by atoms with E-state index in [1.807, 2.05) is 18.2 Å². The summed E-state index contributed by atoms with van der Waals surface area (Å²) < 4.78 is 19.4. The Labute approximate surface area is 116 Å². The Morgan fingerprint density at radius 1 is 1.25 bits per heavy atom. The molecule has 0 fully saturated rings. The summed E-state index contributed by atoms with van der Waals surface area (Å²) in [6.45, 7) is 1.78. The molecule has 2 heterocycles. The van der Waals surface area contributed by atoms with Crippen LogP contribution in [0, 0.1) is 5.82 Å². The van der Waals surface area contributed by atoms with Gasteiger partial charge in [0.05, 0.1) is 12.2 Å². The maximum absolute atomic E-state index is 14.0. The number of halogens is 1. The first-order valence-electron chi connectivity index (χ1n) is 6.44. The quantitative estimate of drug-likeness (QED) is 0.926. The van der Waals surface area contributed by atoms with E-state index in [9.17, 15) is 4.39 Å². The highest BCUT2D eigenvalue weighted by Crippen LogP contribution is 2.20. The van der Waals surface area contributed by atoms with Gasteiger partial charge in [-0.05, 0) is 30.3 Å². The van der Waals surface area contributed by atoms with Crippen molar-refractivity contribution in [3.63, 3.8) is 0 Å². The van der Waals surface area contributed by atoms with E-state index in [1.165, 1.54) is 6.07 Å². The van der Waals surface area contributed by atoms with Crippen LogP contribution in [0.2, 0.25) is 0 Å². The molecule has 0 spiro atoms. The lowest BCUT2D eigenvalue weighted by atomic mass is 10.2. The highest BCUT2D eigenvalue weighted by atomic mass is 19.1. The third kappa shape index (κ3) is 2.77. The molecule has 0 atom stereocenters. The number of ether oxygens (including phenoxy) is 1. The molecule has 20 heavy (non-hydrogen) atoms. The summed E-state index contributed by atoms with van der Waals surface area (Å²) in [5, 5.41) is 3.11. The van der Waals surface area contributed by atoms with Crippen molar-refractivity contribution in [3.8, 4) is 5.75 Å². The van der Waals surface area contributed by atoms with Crippen LogP contribution in [-0.4, -0.2) is 23.9 Å². The molecular weight excluding hydrogens is 257 g/mol. The van der Waals surface area contributed by atoms with Crippen molar-refractivity contribution in [1.29, 1.82) is 0 Å². The number of amidine groups is 1. The molecule has 0 amide bonds. The number of aliphatic imine (C=N–C) groups is 1. The molecule has 1 aliphatic rings. The zero-order valence-electron chi connectivity index (χ0n) is 10.8. The molecule has 5 heteroatoms. The van der Waals surface area contributed by atoms with Gasteiger partial charge < -0.3 is 10.1 Å². The van der Waals surface area contributed by atoms with Crippen LogP contribution in [0.5, 0.6) is 5.75 Å². The van der Waals surface area contributed by atoms with Crippen molar-refractivity contribution < 1.29 is 9.13 Å². The number of hydrogen-bond acceptors (Lipinski definition) is 4. The minimum Gasteiger partial charge on any atom is -0.484 e. The van der Waals surface area contributed by atoms with Crippen LogP contribution in [0.25, 0.3) is 0 Å². The smallest absolute Gasteiger partial charge is 0.165 e. The average Bonchev–Trinajstić information content (AvgIpc) is 3.01. The lowest BCUT2D eigenvalue weighted by Crippen LogP contribution is -2.19. The molecule has 1 aliphatic heterocycles. The lowest BCUT2D eigenvalue weighted by Gasteiger charge is -2.08. The molecule has 2 aromatic rings. The van der Waals surface area contributed by atoms with Crippen LogP contribution in [0.1, 0.15) is 11.3 Å². The molecule has 1 N–H and O–H groups in total. The number of hydrogen-bond donors (Lipinski definition) is 1. The van der Waals surface area contributed by atoms with E-state index < -0.39 is 5.82 Å². The summed E-state index contributed by atoms with van der Waals surface area (Å²) in [6.07, 6.45) is 1.68. The molecule has 1 aromatic carbocycles. The molecule has 4 nitrogen and oxygen atoms in total. The van der Waals surface area contributed by atoms with E-state index in [-0.39, 0.29) is 12.4 Å². The van der Waals surface area contributed by atoms with E-state index in [4.69, 9.17) is 4.74 Å². The van der Waals surface area contributed by atoms with Gasteiger partial charge in [-0.15, -0.1) is 0 Å².